The molecule has 0 radical (unpaired) electrons. The molecule has 1 aromatic heterocycles. The number of thioether (sulfide) groups is 1. The number of pyridine rings is 1. The molecule has 0 aliphatic heterocycles. The van der Waals surface area contributed by atoms with Crippen molar-refractivity contribution >= 4 is 23.4 Å². The first-order chi connectivity index (χ1) is 7.95. The number of aromatic nitrogens is 1. The van der Waals surface area contributed by atoms with Crippen LogP contribution in [0.1, 0.15) is 31.3 Å². The topological polar surface area (TPSA) is 65.2 Å². The Labute approximate surface area is 106 Å². The number of methoxy groups -OCH3 is 1. The van der Waals surface area contributed by atoms with Crippen LogP contribution in [-0.4, -0.2) is 23.3 Å². The average Bonchev–Trinajstić information content (AvgIpc) is 2.30. The number of hydrogen-bond acceptors (Lipinski definition) is 5. The molecular formula is C12H18N2O2S. The minimum atomic E-state index is -0.441. The SMILES string of the molecule is COC(=O)c1ccc(N)c(SC(C)C(C)C)n1. The van der Waals surface area contributed by atoms with Gasteiger partial charge in [0.2, 0.25) is 0 Å². The summed E-state index contributed by atoms with van der Waals surface area (Å²) >= 11 is 1.58. The first kappa shape index (κ1) is 13.8. The molecule has 0 aliphatic rings. The van der Waals surface area contributed by atoms with Gasteiger partial charge in [-0.2, -0.15) is 0 Å². The van der Waals surface area contributed by atoms with Gasteiger partial charge in [-0.1, -0.05) is 20.8 Å². The third-order valence-corrected chi connectivity index (χ3v) is 3.99. The van der Waals surface area contributed by atoms with Gasteiger partial charge < -0.3 is 10.5 Å². The van der Waals surface area contributed by atoms with Crippen molar-refractivity contribution in [3.63, 3.8) is 0 Å². The van der Waals surface area contributed by atoms with Gasteiger partial charge in [-0.3, -0.25) is 0 Å². The Kier molecular flexibility index (Phi) is 4.81. The number of ether oxygens (including phenoxy) is 1. The van der Waals surface area contributed by atoms with E-state index in [4.69, 9.17) is 5.73 Å². The van der Waals surface area contributed by atoms with E-state index in [-0.39, 0.29) is 0 Å². The van der Waals surface area contributed by atoms with Gasteiger partial charge in [0.25, 0.3) is 0 Å². The molecule has 1 heterocycles. The lowest BCUT2D eigenvalue weighted by atomic mass is 10.2. The van der Waals surface area contributed by atoms with Gasteiger partial charge in [0.1, 0.15) is 10.7 Å². The summed E-state index contributed by atoms with van der Waals surface area (Å²) in [5.41, 5.74) is 6.73. The van der Waals surface area contributed by atoms with E-state index in [9.17, 15) is 4.79 Å². The van der Waals surface area contributed by atoms with E-state index >= 15 is 0 Å². The molecule has 1 rings (SSSR count). The molecular weight excluding hydrogens is 236 g/mol. The number of nitrogen functional groups attached to an aromatic ring is 1. The second-order valence-electron chi connectivity index (χ2n) is 4.15. The van der Waals surface area contributed by atoms with Crippen molar-refractivity contribution < 1.29 is 9.53 Å². The summed E-state index contributed by atoms with van der Waals surface area (Å²) in [5.74, 6) is 0.0760. The molecule has 5 heteroatoms. The largest absolute Gasteiger partial charge is 0.464 e. The van der Waals surface area contributed by atoms with Crippen molar-refractivity contribution in [1.29, 1.82) is 0 Å². The Bertz CT molecular complexity index is 407. The van der Waals surface area contributed by atoms with Crippen LogP contribution in [0.25, 0.3) is 0 Å². The third-order valence-electron chi connectivity index (χ3n) is 2.52. The van der Waals surface area contributed by atoms with Crippen molar-refractivity contribution in [2.75, 3.05) is 12.8 Å². The van der Waals surface area contributed by atoms with Gasteiger partial charge in [0.05, 0.1) is 12.8 Å². The first-order valence-corrected chi connectivity index (χ1v) is 6.35. The minimum absolute atomic E-state index is 0.292. The molecule has 1 aromatic rings. The molecule has 0 bridgehead atoms. The van der Waals surface area contributed by atoms with Crippen LogP contribution in [0.2, 0.25) is 0 Å². The number of carbonyl (C=O) groups excluding carboxylic acids is 1. The van der Waals surface area contributed by atoms with Crippen molar-refractivity contribution in [1.82, 2.24) is 4.98 Å². The second-order valence-corrected chi connectivity index (χ2v) is 5.52. The molecule has 17 heavy (non-hydrogen) atoms. The molecule has 0 spiro atoms. The number of carbonyl (C=O) groups is 1. The highest BCUT2D eigenvalue weighted by Gasteiger charge is 2.15. The van der Waals surface area contributed by atoms with E-state index in [1.165, 1.54) is 7.11 Å². The third kappa shape index (κ3) is 3.63. The van der Waals surface area contributed by atoms with Gasteiger partial charge in [-0.25, -0.2) is 9.78 Å². The zero-order chi connectivity index (χ0) is 13.0. The highest BCUT2D eigenvalue weighted by Crippen LogP contribution is 2.30. The lowest BCUT2D eigenvalue weighted by Crippen LogP contribution is -2.09. The maximum Gasteiger partial charge on any atom is 0.356 e. The predicted molar refractivity (Wildman–Crippen MR) is 70.1 cm³/mol. The molecule has 2 N–H and O–H groups in total. The molecule has 0 saturated carbocycles. The standard InChI is InChI=1S/C12H18N2O2S/c1-7(2)8(3)17-11-9(13)5-6-10(14-11)12(15)16-4/h5-8H,13H2,1-4H3. The molecule has 0 saturated heterocycles. The fourth-order valence-electron chi connectivity index (χ4n) is 1.08. The van der Waals surface area contributed by atoms with Crippen LogP contribution in [0, 0.1) is 5.92 Å². The monoisotopic (exact) mass is 254 g/mol. The zero-order valence-corrected chi connectivity index (χ0v) is 11.4. The number of nitrogens with zero attached hydrogens (tertiary/aromatic N) is 1. The molecule has 0 fully saturated rings. The molecule has 0 aromatic carbocycles. The molecule has 1 unspecified atom stereocenters. The normalized spacial score (nSPS) is 12.5. The van der Waals surface area contributed by atoms with Crippen LogP contribution in [0.3, 0.4) is 0 Å². The summed E-state index contributed by atoms with van der Waals surface area (Å²) in [6, 6.07) is 3.26. The van der Waals surface area contributed by atoms with E-state index in [1.807, 2.05) is 0 Å². The number of anilines is 1. The number of nitrogens with two attached hydrogens (primary N) is 1. The van der Waals surface area contributed by atoms with E-state index in [1.54, 1.807) is 23.9 Å². The summed E-state index contributed by atoms with van der Waals surface area (Å²) in [7, 11) is 1.34. The van der Waals surface area contributed by atoms with E-state index in [2.05, 4.69) is 30.5 Å². The maximum absolute atomic E-state index is 11.4. The van der Waals surface area contributed by atoms with Gasteiger partial charge in [0, 0.05) is 5.25 Å². The molecule has 4 nitrogen and oxygen atoms in total. The van der Waals surface area contributed by atoms with Crippen LogP contribution in [0.4, 0.5) is 5.69 Å². The van der Waals surface area contributed by atoms with Gasteiger partial charge >= 0.3 is 5.97 Å². The Morgan fingerprint density at radius 3 is 2.59 bits per heavy atom. The van der Waals surface area contributed by atoms with Gasteiger partial charge in [-0.05, 0) is 18.1 Å². The van der Waals surface area contributed by atoms with E-state index in [0.717, 1.165) is 0 Å². The summed E-state index contributed by atoms with van der Waals surface area (Å²) in [6.45, 7) is 6.39. The number of hydrogen-bond donors (Lipinski definition) is 1. The van der Waals surface area contributed by atoms with Crippen molar-refractivity contribution in [2.45, 2.75) is 31.0 Å². The molecule has 0 aliphatic carbocycles. The van der Waals surface area contributed by atoms with Crippen molar-refractivity contribution in [3.05, 3.63) is 17.8 Å². The van der Waals surface area contributed by atoms with Crippen LogP contribution >= 0.6 is 11.8 Å². The first-order valence-electron chi connectivity index (χ1n) is 5.47. The van der Waals surface area contributed by atoms with Crippen LogP contribution in [0.5, 0.6) is 0 Å². The fourth-order valence-corrected chi connectivity index (χ4v) is 2.06. The van der Waals surface area contributed by atoms with Gasteiger partial charge in [0.15, 0.2) is 0 Å². The Hall–Kier alpha value is -1.23. The van der Waals surface area contributed by atoms with E-state index in [0.29, 0.717) is 27.6 Å². The van der Waals surface area contributed by atoms with Crippen LogP contribution in [-0.2, 0) is 4.74 Å². The Balaban J connectivity index is 2.94. The van der Waals surface area contributed by atoms with Crippen molar-refractivity contribution in [3.8, 4) is 0 Å². The second kappa shape index (κ2) is 5.91. The van der Waals surface area contributed by atoms with Gasteiger partial charge in [-0.15, -0.1) is 11.8 Å². The molecule has 94 valence electrons. The van der Waals surface area contributed by atoms with E-state index < -0.39 is 5.97 Å². The smallest absolute Gasteiger partial charge is 0.356 e. The van der Waals surface area contributed by atoms with Crippen LogP contribution in [0.15, 0.2) is 17.2 Å². The lowest BCUT2D eigenvalue weighted by Gasteiger charge is -2.15. The fraction of sp³-hybridized carbons (Fsp3) is 0.500. The summed E-state index contributed by atoms with van der Waals surface area (Å²) in [4.78, 5) is 15.6. The maximum atomic E-state index is 11.4. The minimum Gasteiger partial charge on any atom is -0.464 e. The highest BCUT2D eigenvalue weighted by atomic mass is 32.2. The van der Waals surface area contributed by atoms with Crippen LogP contribution < -0.4 is 5.73 Å². The zero-order valence-electron chi connectivity index (χ0n) is 10.6. The Morgan fingerprint density at radius 1 is 1.41 bits per heavy atom. The molecule has 0 amide bonds. The predicted octanol–water partition coefficient (Wildman–Crippen LogP) is 2.59. The Morgan fingerprint density at radius 2 is 2.06 bits per heavy atom. The van der Waals surface area contributed by atoms with Crippen molar-refractivity contribution in [2.24, 2.45) is 5.92 Å². The number of rotatable bonds is 4. The lowest BCUT2D eigenvalue weighted by molar-refractivity contribution is 0.0593. The summed E-state index contributed by atoms with van der Waals surface area (Å²) in [5, 5.41) is 1.08. The summed E-state index contributed by atoms with van der Waals surface area (Å²) < 4.78 is 4.63. The number of esters is 1. The summed E-state index contributed by atoms with van der Waals surface area (Å²) in [6.07, 6.45) is 0. The molecule has 1 atom stereocenters. The average molecular weight is 254 g/mol. The highest BCUT2D eigenvalue weighted by molar-refractivity contribution is 8.00. The quantitative estimate of drug-likeness (QED) is 0.661.